The number of carbonyl (C=O) groups is 1. The minimum absolute atomic E-state index is 0.141. The number of ether oxygens (including phenoxy) is 2. The summed E-state index contributed by atoms with van der Waals surface area (Å²) in [5.41, 5.74) is 0.908. The lowest BCUT2D eigenvalue weighted by Gasteiger charge is -2.12. The van der Waals surface area contributed by atoms with E-state index >= 15 is 0 Å². The SMILES string of the molecule is COc1cccc(Oc2c(C)cccc2C(=O)O)c1. The molecule has 0 unspecified atom stereocenters. The zero-order valence-electron chi connectivity index (χ0n) is 10.7. The van der Waals surface area contributed by atoms with Crippen LogP contribution in [0.2, 0.25) is 0 Å². The van der Waals surface area contributed by atoms with E-state index < -0.39 is 5.97 Å². The fourth-order valence-electron chi connectivity index (χ4n) is 1.74. The molecule has 1 N–H and O–H groups in total. The van der Waals surface area contributed by atoms with Gasteiger partial charge in [0.05, 0.1) is 7.11 Å². The number of para-hydroxylation sites is 1. The Morgan fingerprint density at radius 3 is 2.47 bits per heavy atom. The molecule has 0 saturated carbocycles. The minimum atomic E-state index is -1.01. The smallest absolute Gasteiger partial charge is 0.339 e. The second kappa shape index (κ2) is 5.44. The van der Waals surface area contributed by atoms with Gasteiger partial charge in [0.25, 0.3) is 0 Å². The largest absolute Gasteiger partial charge is 0.497 e. The highest BCUT2D eigenvalue weighted by Crippen LogP contribution is 2.30. The van der Waals surface area contributed by atoms with Crippen molar-refractivity contribution in [2.45, 2.75) is 6.92 Å². The van der Waals surface area contributed by atoms with Crippen LogP contribution in [-0.4, -0.2) is 18.2 Å². The number of methoxy groups -OCH3 is 1. The summed E-state index contributed by atoms with van der Waals surface area (Å²) >= 11 is 0. The molecule has 0 aliphatic rings. The van der Waals surface area contributed by atoms with Gasteiger partial charge in [0.15, 0.2) is 0 Å². The highest BCUT2D eigenvalue weighted by molar-refractivity contribution is 5.91. The molecule has 0 aliphatic carbocycles. The Balaban J connectivity index is 2.40. The van der Waals surface area contributed by atoms with Crippen LogP contribution in [0, 0.1) is 6.92 Å². The summed E-state index contributed by atoms with van der Waals surface area (Å²) in [6.45, 7) is 1.81. The van der Waals surface area contributed by atoms with Gasteiger partial charge in [0.1, 0.15) is 22.8 Å². The van der Waals surface area contributed by atoms with Crippen LogP contribution in [0.1, 0.15) is 15.9 Å². The first-order valence-corrected chi connectivity index (χ1v) is 5.76. The number of rotatable bonds is 4. The zero-order valence-corrected chi connectivity index (χ0v) is 10.7. The maximum Gasteiger partial charge on any atom is 0.339 e. The van der Waals surface area contributed by atoms with E-state index in [0.717, 1.165) is 5.56 Å². The molecular weight excluding hydrogens is 244 g/mol. The first kappa shape index (κ1) is 13.0. The van der Waals surface area contributed by atoms with E-state index in [-0.39, 0.29) is 5.56 Å². The normalized spacial score (nSPS) is 10.0. The predicted octanol–water partition coefficient (Wildman–Crippen LogP) is 3.49. The topological polar surface area (TPSA) is 55.8 Å². The van der Waals surface area contributed by atoms with Crippen LogP contribution in [0.3, 0.4) is 0 Å². The number of hydrogen-bond donors (Lipinski definition) is 1. The maximum absolute atomic E-state index is 11.2. The molecule has 2 rings (SSSR count). The van der Waals surface area contributed by atoms with Crippen LogP contribution in [0.4, 0.5) is 0 Å². The second-order valence-electron chi connectivity index (χ2n) is 4.04. The van der Waals surface area contributed by atoms with Crippen LogP contribution in [0.25, 0.3) is 0 Å². The average molecular weight is 258 g/mol. The van der Waals surface area contributed by atoms with Gasteiger partial charge in [-0.3, -0.25) is 0 Å². The van der Waals surface area contributed by atoms with Crippen molar-refractivity contribution in [3.05, 3.63) is 53.6 Å². The lowest BCUT2D eigenvalue weighted by Crippen LogP contribution is -2.01. The summed E-state index contributed by atoms with van der Waals surface area (Å²) in [6.07, 6.45) is 0. The lowest BCUT2D eigenvalue weighted by molar-refractivity contribution is 0.0694. The first-order chi connectivity index (χ1) is 9.11. The van der Waals surface area contributed by atoms with E-state index in [2.05, 4.69) is 0 Å². The summed E-state index contributed by atoms with van der Waals surface area (Å²) in [5, 5.41) is 9.16. The van der Waals surface area contributed by atoms with Crippen molar-refractivity contribution in [1.82, 2.24) is 0 Å². The van der Waals surface area contributed by atoms with Crippen LogP contribution in [0.5, 0.6) is 17.2 Å². The molecule has 0 fully saturated rings. The highest BCUT2D eigenvalue weighted by Gasteiger charge is 2.14. The van der Waals surface area contributed by atoms with Gasteiger partial charge in [-0.05, 0) is 30.7 Å². The summed E-state index contributed by atoms with van der Waals surface area (Å²) < 4.78 is 10.8. The Kier molecular flexibility index (Phi) is 3.71. The molecule has 0 heterocycles. The number of carboxylic acid groups (broad SMARTS) is 1. The van der Waals surface area contributed by atoms with Crippen LogP contribution < -0.4 is 9.47 Å². The number of aryl methyl sites for hydroxylation is 1. The molecular formula is C15H14O4. The lowest BCUT2D eigenvalue weighted by atomic mass is 10.1. The van der Waals surface area contributed by atoms with Gasteiger partial charge >= 0.3 is 5.97 Å². The summed E-state index contributed by atoms with van der Waals surface area (Å²) in [7, 11) is 1.57. The molecule has 0 spiro atoms. The predicted molar refractivity (Wildman–Crippen MR) is 71.2 cm³/mol. The van der Waals surface area contributed by atoms with E-state index in [1.807, 2.05) is 13.0 Å². The Bertz CT molecular complexity index is 605. The van der Waals surface area contributed by atoms with Gasteiger partial charge in [-0.25, -0.2) is 4.79 Å². The van der Waals surface area contributed by atoms with Gasteiger partial charge in [0, 0.05) is 6.07 Å². The Morgan fingerprint density at radius 2 is 1.79 bits per heavy atom. The van der Waals surface area contributed by atoms with Crippen molar-refractivity contribution in [3.63, 3.8) is 0 Å². The summed E-state index contributed by atoms with van der Waals surface area (Å²) in [4.78, 5) is 11.2. The van der Waals surface area contributed by atoms with E-state index in [9.17, 15) is 4.79 Å². The van der Waals surface area contributed by atoms with E-state index in [0.29, 0.717) is 17.2 Å². The van der Waals surface area contributed by atoms with Gasteiger partial charge in [-0.1, -0.05) is 18.2 Å². The third-order valence-corrected chi connectivity index (χ3v) is 2.70. The first-order valence-electron chi connectivity index (χ1n) is 5.76. The van der Waals surface area contributed by atoms with Crippen LogP contribution >= 0.6 is 0 Å². The molecule has 4 nitrogen and oxygen atoms in total. The van der Waals surface area contributed by atoms with Crippen molar-refractivity contribution >= 4 is 5.97 Å². The van der Waals surface area contributed by atoms with E-state index in [1.54, 1.807) is 37.4 Å². The van der Waals surface area contributed by atoms with Crippen LogP contribution in [0.15, 0.2) is 42.5 Å². The van der Waals surface area contributed by atoms with Gasteiger partial charge < -0.3 is 14.6 Å². The van der Waals surface area contributed by atoms with Crippen LogP contribution in [-0.2, 0) is 0 Å². The number of benzene rings is 2. The van der Waals surface area contributed by atoms with E-state index in [1.165, 1.54) is 6.07 Å². The molecule has 19 heavy (non-hydrogen) atoms. The van der Waals surface area contributed by atoms with Crippen molar-refractivity contribution in [2.75, 3.05) is 7.11 Å². The highest BCUT2D eigenvalue weighted by atomic mass is 16.5. The Hall–Kier alpha value is -2.49. The van der Waals surface area contributed by atoms with Gasteiger partial charge in [-0.2, -0.15) is 0 Å². The fraction of sp³-hybridized carbons (Fsp3) is 0.133. The van der Waals surface area contributed by atoms with Crippen molar-refractivity contribution < 1.29 is 19.4 Å². The second-order valence-corrected chi connectivity index (χ2v) is 4.04. The van der Waals surface area contributed by atoms with Crippen molar-refractivity contribution in [2.24, 2.45) is 0 Å². The molecule has 0 atom stereocenters. The standard InChI is InChI=1S/C15H14O4/c1-10-5-3-8-13(15(16)17)14(10)19-12-7-4-6-11(9-12)18-2/h3-9H,1-2H3,(H,16,17). The van der Waals surface area contributed by atoms with E-state index in [4.69, 9.17) is 14.6 Å². The number of carboxylic acids is 1. The maximum atomic E-state index is 11.2. The van der Waals surface area contributed by atoms with Gasteiger partial charge in [0.2, 0.25) is 0 Å². The third kappa shape index (κ3) is 2.85. The average Bonchev–Trinajstić information content (AvgIpc) is 2.41. The molecule has 0 aliphatic heterocycles. The number of aromatic carboxylic acids is 1. The van der Waals surface area contributed by atoms with Gasteiger partial charge in [-0.15, -0.1) is 0 Å². The molecule has 0 aromatic heterocycles. The Morgan fingerprint density at radius 1 is 1.11 bits per heavy atom. The molecule has 98 valence electrons. The molecule has 0 bridgehead atoms. The molecule has 2 aromatic rings. The molecule has 4 heteroatoms. The van der Waals surface area contributed by atoms with Crippen molar-refractivity contribution in [1.29, 1.82) is 0 Å². The van der Waals surface area contributed by atoms with Crippen molar-refractivity contribution in [3.8, 4) is 17.2 Å². The monoisotopic (exact) mass is 258 g/mol. The molecule has 0 saturated heterocycles. The minimum Gasteiger partial charge on any atom is -0.497 e. The third-order valence-electron chi connectivity index (χ3n) is 2.70. The summed E-state index contributed by atoms with van der Waals surface area (Å²) in [6, 6.07) is 12.1. The molecule has 0 radical (unpaired) electrons. The quantitative estimate of drug-likeness (QED) is 0.912. The Labute approximate surface area is 111 Å². The fourth-order valence-corrected chi connectivity index (χ4v) is 1.74. The summed E-state index contributed by atoms with van der Waals surface area (Å²) in [5.74, 6) is 0.531. The molecule has 0 amide bonds. The zero-order chi connectivity index (χ0) is 13.8. The number of hydrogen-bond acceptors (Lipinski definition) is 3. The molecule has 2 aromatic carbocycles.